The van der Waals surface area contributed by atoms with Gasteiger partial charge in [-0.05, 0) is 48.7 Å². The van der Waals surface area contributed by atoms with Crippen molar-refractivity contribution >= 4 is 28.5 Å². The number of rotatable bonds is 8. The molecule has 0 saturated carbocycles. The summed E-state index contributed by atoms with van der Waals surface area (Å²) in [6, 6.07) is 8.89. The predicted molar refractivity (Wildman–Crippen MR) is 108 cm³/mol. The molecule has 3 aromatic rings. The highest BCUT2D eigenvalue weighted by molar-refractivity contribution is 6.31. The van der Waals surface area contributed by atoms with E-state index in [1.807, 2.05) is 24.4 Å². The van der Waals surface area contributed by atoms with E-state index in [1.54, 1.807) is 12.1 Å². The molecule has 1 aromatic heterocycles. The zero-order valence-electron chi connectivity index (χ0n) is 16.0. The fourth-order valence-corrected chi connectivity index (χ4v) is 3.24. The Balaban J connectivity index is 1.62. The number of esters is 1. The van der Waals surface area contributed by atoms with Crippen LogP contribution in [0.15, 0.2) is 36.5 Å². The first-order valence-corrected chi connectivity index (χ1v) is 9.17. The summed E-state index contributed by atoms with van der Waals surface area (Å²) in [5, 5.41) is 1.78. The number of hydrogen-bond acceptors (Lipinski definition) is 5. The highest BCUT2D eigenvalue weighted by atomic mass is 35.5. The van der Waals surface area contributed by atoms with E-state index >= 15 is 0 Å². The van der Waals surface area contributed by atoms with Crippen LogP contribution in [0.4, 0.5) is 0 Å². The fourth-order valence-electron chi connectivity index (χ4n) is 3.07. The quantitative estimate of drug-likeness (QED) is 0.438. The lowest BCUT2D eigenvalue weighted by atomic mass is 10.1. The highest BCUT2D eigenvalue weighted by Crippen LogP contribution is 2.38. The van der Waals surface area contributed by atoms with Crippen molar-refractivity contribution in [2.45, 2.75) is 12.8 Å². The van der Waals surface area contributed by atoms with E-state index in [2.05, 4.69) is 4.98 Å². The number of H-pyrrole nitrogens is 1. The van der Waals surface area contributed by atoms with Crippen molar-refractivity contribution < 1.29 is 23.7 Å². The third-order valence-electron chi connectivity index (χ3n) is 4.45. The minimum Gasteiger partial charge on any atom is -0.493 e. The van der Waals surface area contributed by atoms with Crippen molar-refractivity contribution in [3.63, 3.8) is 0 Å². The molecule has 0 aliphatic carbocycles. The van der Waals surface area contributed by atoms with Crippen LogP contribution in [0.1, 0.15) is 22.3 Å². The molecule has 0 bridgehead atoms. The molecule has 0 unspecified atom stereocenters. The topological polar surface area (TPSA) is 69.8 Å². The van der Waals surface area contributed by atoms with Gasteiger partial charge < -0.3 is 23.9 Å². The van der Waals surface area contributed by atoms with Crippen molar-refractivity contribution in [2.24, 2.45) is 0 Å². The van der Waals surface area contributed by atoms with Gasteiger partial charge in [-0.2, -0.15) is 0 Å². The number of carbonyl (C=O) groups is 1. The number of methoxy groups -OCH3 is 3. The molecule has 0 atom stereocenters. The molecular weight excluding hydrogens is 382 g/mol. The van der Waals surface area contributed by atoms with Gasteiger partial charge in [-0.25, -0.2) is 4.79 Å². The summed E-state index contributed by atoms with van der Waals surface area (Å²) in [5.74, 6) is 0.801. The summed E-state index contributed by atoms with van der Waals surface area (Å²) in [6.45, 7) is 0.294. The molecule has 2 aromatic carbocycles. The van der Waals surface area contributed by atoms with Crippen LogP contribution in [0.3, 0.4) is 0 Å². The van der Waals surface area contributed by atoms with E-state index in [0.717, 1.165) is 22.9 Å². The molecule has 7 heteroatoms. The van der Waals surface area contributed by atoms with Gasteiger partial charge in [0.25, 0.3) is 0 Å². The SMILES string of the molecule is COc1cc(C(=O)OCCCc2c[nH]c3ccc(Cl)cc23)cc(OC)c1OC. The lowest BCUT2D eigenvalue weighted by Crippen LogP contribution is -2.08. The van der Waals surface area contributed by atoms with Crippen molar-refractivity contribution in [1.29, 1.82) is 0 Å². The standard InChI is InChI=1S/C21H22ClNO5/c1-25-18-9-14(10-19(26-2)20(18)27-3)21(24)28-8-4-5-13-12-23-17-7-6-15(22)11-16(13)17/h6-7,9-12,23H,4-5,8H2,1-3H3. The number of aromatic nitrogens is 1. The molecular formula is C21H22ClNO5. The van der Waals surface area contributed by atoms with Gasteiger partial charge in [0.15, 0.2) is 11.5 Å². The molecule has 3 rings (SSSR count). The minimum absolute atomic E-state index is 0.294. The molecule has 1 N–H and O–H groups in total. The normalized spacial score (nSPS) is 10.7. The van der Waals surface area contributed by atoms with Crippen LogP contribution in [0, 0.1) is 0 Å². The smallest absolute Gasteiger partial charge is 0.338 e. The number of fused-ring (bicyclic) bond motifs is 1. The van der Waals surface area contributed by atoms with Gasteiger partial charge >= 0.3 is 5.97 Å². The van der Waals surface area contributed by atoms with Crippen LogP contribution in [-0.2, 0) is 11.2 Å². The molecule has 1 heterocycles. The molecule has 148 valence electrons. The van der Waals surface area contributed by atoms with Gasteiger partial charge in [0.05, 0.1) is 33.5 Å². The number of nitrogens with one attached hydrogen (secondary N) is 1. The summed E-state index contributed by atoms with van der Waals surface area (Å²) in [5.41, 5.74) is 2.52. The second-order valence-corrected chi connectivity index (χ2v) is 6.59. The Morgan fingerprint density at radius 1 is 1.04 bits per heavy atom. The number of hydrogen-bond donors (Lipinski definition) is 1. The summed E-state index contributed by atoms with van der Waals surface area (Å²) in [4.78, 5) is 15.6. The average Bonchev–Trinajstić information content (AvgIpc) is 3.11. The average molecular weight is 404 g/mol. The molecule has 0 spiro atoms. The monoisotopic (exact) mass is 403 g/mol. The van der Waals surface area contributed by atoms with E-state index in [-0.39, 0.29) is 0 Å². The second-order valence-electron chi connectivity index (χ2n) is 6.16. The zero-order valence-corrected chi connectivity index (χ0v) is 16.8. The largest absolute Gasteiger partial charge is 0.493 e. The van der Waals surface area contributed by atoms with E-state index in [1.165, 1.54) is 21.3 Å². The molecule has 6 nitrogen and oxygen atoms in total. The minimum atomic E-state index is -0.443. The van der Waals surface area contributed by atoms with Gasteiger partial charge in [0.1, 0.15) is 0 Å². The van der Waals surface area contributed by atoms with E-state index in [4.69, 9.17) is 30.5 Å². The number of carbonyl (C=O) groups excluding carboxylic acids is 1. The lowest BCUT2D eigenvalue weighted by Gasteiger charge is -2.13. The maximum atomic E-state index is 12.4. The summed E-state index contributed by atoms with van der Waals surface area (Å²) >= 11 is 6.08. The van der Waals surface area contributed by atoms with Crippen LogP contribution in [0.2, 0.25) is 5.02 Å². The van der Waals surface area contributed by atoms with Gasteiger partial charge in [-0.15, -0.1) is 0 Å². The van der Waals surface area contributed by atoms with Crippen molar-refractivity contribution in [2.75, 3.05) is 27.9 Å². The first-order chi connectivity index (χ1) is 13.6. The first kappa shape index (κ1) is 19.9. The van der Waals surface area contributed by atoms with Gasteiger partial charge in [-0.3, -0.25) is 0 Å². The summed E-state index contributed by atoms with van der Waals surface area (Å²) in [7, 11) is 4.51. The maximum absolute atomic E-state index is 12.4. The van der Waals surface area contributed by atoms with E-state index in [0.29, 0.717) is 40.9 Å². The number of aromatic amines is 1. The summed E-state index contributed by atoms with van der Waals surface area (Å²) < 4.78 is 21.2. The molecule has 0 aliphatic heterocycles. The van der Waals surface area contributed by atoms with Gasteiger partial charge in [-0.1, -0.05) is 11.6 Å². The molecule has 0 fully saturated rings. The zero-order chi connectivity index (χ0) is 20.1. The first-order valence-electron chi connectivity index (χ1n) is 8.80. The van der Waals surface area contributed by atoms with Crippen LogP contribution < -0.4 is 14.2 Å². The fraction of sp³-hybridized carbons (Fsp3) is 0.286. The molecule has 0 amide bonds. The Morgan fingerprint density at radius 2 is 1.75 bits per heavy atom. The van der Waals surface area contributed by atoms with Crippen molar-refractivity contribution in [3.8, 4) is 17.2 Å². The Bertz CT molecular complexity index is 957. The Labute approximate surface area is 168 Å². The van der Waals surface area contributed by atoms with Crippen LogP contribution in [0.25, 0.3) is 10.9 Å². The lowest BCUT2D eigenvalue weighted by molar-refractivity contribution is 0.0500. The van der Waals surface area contributed by atoms with Crippen molar-refractivity contribution in [1.82, 2.24) is 4.98 Å². The predicted octanol–water partition coefficient (Wildman–Crippen LogP) is 4.64. The van der Waals surface area contributed by atoms with E-state index in [9.17, 15) is 4.79 Å². The summed E-state index contributed by atoms with van der Waals surface area (Å²) in [6.07, 6.45) is 3.42. The van der Waals surface area contributed by atoms with E-state index < -0.39 is 5.97 Å². The molecule has 0 aliphatic rings. The number of aryl methyl sites for hydroxylation is 1. The molecule has 0 radical (unpaired) electrons. The second kappa shape index (κ2) is 8.89. The third-order valence-corrected chi connectivity index (χ3v) is 4.69. The Hall–Kier alpha value is -2.86. The molecule has 28 heavy (non-hydrogen) atoms. The van der Waals surface area contributed by atoms with Crippen LogP contribution >= 0.6 is 11.6 Å². The number of benzene rings is 2. The third kappa shape index (κ3) is 4.17. The van der Waals surface area contributed by atoms with Crippen LogP contribution in [-0.4, -0.2) is 38.9 Å². The number of halogens is 1. The highest BCUT2D eigenvalue weighted by Gasteiger charge is 2.17. The Kier molecular flexibility index (Phi) is 6.31. The molecule has 0 saturated heterocycles. The van der Waals surface area contributed by atoms with Crippen LogP contribution in [0.5, 0.6) is 17.2 Å². The van der Waals surface area contributed by atoms with Gasteiger partial charge in [0.2, 0.25) is 5.75 Å². The maximum Gasteiger partial charge on any atom is 0.338 e. The van der Waals surface area contributed by atoms with Crippen molar-refractivity contribution in [3.05, 3.63) is 52.7 Å². The van der Waals surface area contributed by atoms with Gasteiger partial charge in [0, 0.05) is 22.1 Å². The number of ether oxygens (including phenoxy) is 4. The Morgan fingerprint density at radius 3 is 2.39 bits per heavy atom.